The van der Waals surface area contributed by atoms with Gasteiger partial charge in [0.2, 0.25) is 0 Å². The summed E-state index contributed by atoms with van der Waals surface area (Å²) in [6, 6.07) is 8.97. The van der Waals surface area contributed by atoms with Gasteiger partial charge in [0.25, 0.3) is 11.5 Å². The summed E-state index contributed by atoms with van der Waals surface area (Å²) >= 11 is 1.33. The lowest BCUT2D eigenvalue weighted by atomic mass is 10.0. The maximum absolute atomic E-state index is 12.4. The molecule has 6 nitrogen and oxygen atoms in total. The van der Waals surface area contributed by atoms with Crippen LogP contribution < -0.4 is 10.9 Å². The molecule has 0 aliphatic carbocycles. The number of aliphatic hydroxyl groups is 1. The first kappa shape index (κ1) is 15.4. The predicted molar refractivity (Wildman–Crippen MR) is 87.7 cm³/mol. The lowest BCUT2D eigenvalue weighted by molar-refractivity contribution is 0.0928. The van der Waals surface area contributed by atoms with E-state index < -0.39 is 11.5 Å². The molecule has 118 valence electrons. The molecule has 2 N–H and O–H groups in total. The van der Waals surface area contributed by atoms with Crippen LogP contribution in [0.2, 0.25) is 0 Å². The summed E-state index contributed by atoms with van der Waals surface area (Å²) in [5, 5.41) is 13.8. The Labute approximate surface area is 136 Å². The third kappa shape index (κ3) is 3.15. The standard InChI is InChI=1S/C16H15N3O3S/c20-8-6-13(11-4-2-1-3-5-11)18-14(21)12-10-17-16-19(15(12)22)7-9-23-16/h1-5,7,9-10,13,20H,6,8H2,(H,18,21). The first-order chi connectivity index (χ1) is 11.2. The summed E-state index contributed by atoms with van der Waals surface area (Å²) in [5.41, 5.74) is 0.462. The summed E-state index contributed by atoms with van der Waals surface area (Å²) in [4.78, 5) is 29.4. The zero-order valence-corrected chi connectivity index (χ0v) is 13.0. The van der Waals surface area contributed by atoms with Gasteiger partial charge in [-0.05, 0) is 12.0 Å². The molecular formula is C16H15N3O3S. The van der Waals surface area contributed by atoms with E-state index in [9.17, 15) is 14.7 Å². The van der Waals surface area contributed by atoms with Gasteiger partial charge in [-0.1, -0.05) is 30.3 Å². The van der Waals surface area contributed by atoms with Crippen molar-refractivity contribution in [3.63, 3.8) is 0 Å². The van der Waals surface area contributed by atoms with Crippen LogP contribution in [-0.4, -0.2) is 27.0 Å². The SMILES string of the molecule is O=C(NC(CCO)c1ccccc1)c1cnc2sccn2c1=O. The van der Waals surface area contributed by atoms with E-state index in [1.54, 1.807) is 11.6 Å². The van der Waals surface area contributed by atoms with Crippen molar-refractivity contribution in [1.29, 1.82) is 0 Å². The molecule has 7 heteroatoms. The minimum atomic E-state index is -0.495. The lowest BCUT2D eigenvalue weighted by Crippen LogP contribution is -2.34. The van der Waals surface area contributed by atoms with Crippen molar-refractivity contribution in [2.75, 3.05) is 6.61 Å². The zero-order chi connectivity index (χ0) is 16.2. The van der Waals surface area contributed by atoms with Crippen molar-refractivity contribution in [2.45, 2.75) is 12.5 Å². The molecule has 1 unspecified atom stereocenters. The lowest BCUT2D eigenvalue weighted by Gasteiger charge is -2.18. The number of nitrogens with zero attached hydrogens (tertiary/aromatic N) is 2. The molecule has 0 aliphatic heterocycles. The van der Waals surface area contributed by atoms with Crippen LogP contribution >= 0.6 is 11.3 Å². The first-order valence-electron chi connectivity index (χ1n) is 7.12. The molecule has 0 fully saturated rings. The molecule has 0 aliphatic rings. The van der Waals surface area contributed by atoms with Gasteiger partial charge in [-0.2, -0.15) is 0 Å². The molecule has 23 heavy (non-hydrogen) atoms. The number of carbonyl (C=O) groups is 1. The number of aromatic nitrogens is 2. The fourth-order valence-electron chi connectivity index (χ4n) is 2.35. The second kappa shape index (κ2) is 6.72. The quantitative estimate of drug-likeness (QED) is 0.745. The van der Waals surface area contributed by atoms with Gasteiger partial charge in [0.1, 0.15) is 5.56 Å². The average Bonchev–Trinajstić information content (AvgIpc) is 3.05. The molecule has 2 aromatic heterocycles. The van der Waals surface area contributed by atoms with Crippen molar-refractivity contribution < 1.29 is 9.90 Å². The van der Waals surface area contributed by atoms with Crippen LogP contribution in [-0.2, 0) is 0 Å². The number of rotatable bonds is 5. The second-order valence-corrected chi connectivity index (χ2v) is 5.85. The van der Waals surface area contributed by atoms with Gasteiger partial charge in [0, 0.05) is 24.4 Å². The van der Waals surface area contributed by atoms with Gasteiger partial charge < -0.3 is 10.4 Å². The van der Waals surface area contributed by atoms with Gasteiger partial charge in [0.15, 0.2) is 4.96 Å². The summed E-state index contributed by atoms with van der Waals surface area (Å²) in [5.74, 6) is -0.495. The smallest absolute Gasteiger partial charge is 0.271 e. The Morgan fingerprint density at radius 2 is 2.13 bits per heavy atom. The molecule has 0 saturated heterocycles. The molecule has 0 saturated carbocycles. The molecule has 1 aromatic carbocycles. The average molecular weight is 329 g/mol. The Hall–Kier alpha value is -2.51. The van der Waals surface area contributed by atoms with Crippen LogP contribution in [0.15, 0.2) is 52.9 Å². The third-order valence-corrected chi connectivity index (χ3v) is 4.28. The Bertz CT molecular complexity index is 873. The Morgan fingerprint density at radius 3 is 2.87 bits per heavy atom. The van der Waals surface area contributed by atoms with Gasteiger partial charge in [-0.3, -0.25) is 14.0 Å². The van der Waals surface area contributed by atoms with Crippen LogP contribution in [0.3, 0.4) is 0 Å². The Balaban J connectivity index is 1.89. The fraction of sp³-hybridized carbons (Fsp3) is 0.188. The van der Waals surface area contributed by atoms with Gasteiger partial charge in [0.05, 0.1) is 6.04 Å². The van der Waals surface area contributed by atoms with Crippen LogP contribution in [0.1, 0.15) is 28.4 Å². The minimum absolute atomic E-state index is 0.0141. The number of hydrogen-bond acceptors (Lipinski definition) is 5. The molecule has 3 rings (SSSR count). The molecule has 2 heterocycles. The minimum Gasteiger partial charge on any atom is -0.396 e. The molecule has 1 amide bonds. The van der Waals surface area contributed by atoms with Gasteiger partial charge >= 0.3 is 0 Å². The summed E-state index contributed by atoms with van der Waals surface area (Å²) in [7, 11) is 0. The summed E-state index contributed by atoms with van der Waals surface area (Å²) in [6.07, 6.45) is 3.25. The number of hydrogen-bond donors (Lipinski definition) is 2. The van der Waals surface area contributed by atoms with E-state index >= 15 is 0 Å². The third-order valence-electron chi connectivity index (χ3n) is 3.51. The maximum atomic E-state index is 12.4. The predicted octanol–water partition coefficient (Wildman–Crippen LogP) is 1.61. The summed E-state index contributed by atoms with van der Waals surface area (Å²) < 4.78 is 1.35. The van der Waals surface area contributed by atoms with E-state index in [0.717, 1.165) is 5.56 Å². The number of fused-ring (bicyclic) bond motifs is 1. The molecular weight excluding hydrogens is 314 g/mol. The van der Waals surface area contributed by atoms with Crippen molar-refractivity contribution in [3.8, 4) is 0 Å². The van der Waals surface area contributed by atoms with Crippen LogP contribution in [0.5, 0.6) is 0 Å². The number of aliphatic hydroxyl groups excluding tert-OH is 1. The van der Waals surface area contributed by atoms with Crippen molar-refractivity contribution in [1.82, 2.24) is 14.7 Å². The van der Waals surface area contributed by atoms with E-state index in [2.05, 4.69) is 10.3 Å². The number of thiazole rings is 1. The molecule has 0 bridgehead atoms. The van der Waals surface area contributed by atoms with Crippen LogP contribution in [0, 0.1) is 0 Å². The highest BCUT2D eigenvalue weighted by atomic mass is 32.1. The molecule has 1 atom stereocenters. The largest absolute Gasteiger partial charge is 0.396 e. The van der Waals surface area contributed by atoms with E-state index in [-0.39, 0.29) is 18.2 Å². The highest BCUT2D eigenvalue weighted by molar-refractivity contribution is 7.15. The monoisotopic (exact) mass is 329 g/mol. The highest BCUT2D eigenvalue weighted by Crippen LogP contribution is 2.16. The molecule has 0 radical (unpaired) electrons. The maximum Gasteiger partial charge on any atom is 0.271 e. The number of amides is 1. The van der Waals surface area contributed by atoms with Crippen molar-refractivity contribution in [2.24, 2.45) is 0 Å². The number of carbonyl (C=O) groups excluding carboxylic acids is 1. The van der Waals surface area contributed by atoms with Gasteiger partial charge in [-0.25, -0.2) is 4.98 Å². The Morgan fingerprint density at radius 1 is 1.35 bits per heavy atom. The summed E-state index contributed by atoms with van der Waals surface area (Å²) in [6.45, 7) is -0.0688. The number of nitrogens with one attached hydrogen (secondary N) is 1. The van der Waals surface area contributed by atoms with Crippen LogP contribution in [0.25, 0.3) is 4.96 Å². The topological polar surface area (TPSA) is 83.7 Å². The normalized spacial score (nSPS) is 12.2. The van der Waals surface area contributed by atoms with Crippen molar-refractivity contribution >= 4 is 22.2 Å². The van der Waals surface area contributed by atoms with E-state index in [0.29, 0.717) is 11.4 Å². The van der Waals surface area contributed by atoms with Gasteiger partial charge in [-0.15, -0.1) is 11.3 Å². The zero-order valence-electron chi connectivity index (χ0n) is 12.2. The first-order valence-corrected chi connectivity index (χ1v) is 8.00. The van der Waals surface area contributed by atoms with E-state index in [4.69, 9.17) is 0 Å². The molecule has 0 spiro atoms. The number of benzene rings is 1. The van der Waals surface area contributed by atoms with E-state index in [1.807, 2.05) is 30.3 Å². The Kier molecular flexibility index (Phi) is 4.50. The van der Waals surface area contributed by atoms with Crippen molar-refractivity contribution in [3.05, 3.63) is 69.6 Å². The highest BCUT2D eigenvalue weighted by Gasteiger charge is 2.19. The molecule has 3 aromatic rings. The van der Waals surface area contributed by atoms with E-state index in [1.165, 1.54) is 21.9 Å². The second-order valence-electron chi connectivity index (χ2n) is 4.98. The fourth-order valence-corrected chi connectivity index (χ4v) is 3.03. The van der Waals surface area contributed by atoms with Crippen LogP contribution in [0.4, 0.5) is 0 Å².